The number of carbonyl (C=O) groups is 2. The lowest BCUT2D eigenvalue weighted by Crippen LogP contribution is -2.29. The number of esters is 1. The van der Waals surface area contributed by atoms with Crippen LogP contribution in [0, 0.1) is 0 Å². The molecule has 180 valence electrons. The molecule has 0 aliphatic heterocycles. The lowest BCUT2D eigenvalue weighted by Gasteiger charge is -2.16. The van der Waals surface area contributed by atoms with Crippen molar-refractivity contribution >= 4 is 11.9 Å². The van der Waals surface area contributed by atoms with Crippen LogP contribution >= 0.6 is 0 Å². The molecule has 2 heterocycles. The molecular weight excluding hydrogens is 474 g/mol. The van der Waals surface area contributed by atoms with E-state index < -0.39 is 52.8 Å². The number of benzene rings is 1. The topological polar surface area (TPSA) is 112 Å². The summed E-state index contributed by atoms with van der Waals surface area (Å²) in [6.07, 6.45) is -7.56. The number of nitrogens with one attached hydrogen (secondary N) is 1. The smallest absolute Gasteiger partial charge is 0.416 e. The maximum absolute atomic E-state index is 13.1. The van der Waals surface area contributed by atoms with Gasteiger partial charge in [0.25, 0.3) is 17.7 Å². The van der Waals surface area contributed by atoms with Crippen LogP contribution in [0.4, 0.5) is 26.3 Å². The number of ether oxygens (including phenoxy) is 1. The number of alkyl halides is 6. The van der Waals surface area contributed by atoms with Crippen LogP contribution in [0.5, 0.6) is 0 Å². The number of aromatic nitrogens is 5. The molecule has 34 heavy (non-hydrogen) atoms. The molecule has 9 nitrogen and oxygen atoms in total. The molecule has 2 aromatic heterocycles. The minimum absolute atomic E-state index is 0.0697. The molecule has 0 bridgehead atoms. The molecule has 3 rings (SSSR count). The Labute approximate surface area is 186 Å². The van der Waals surface area contributed by atoms with Gasteiger partial charge < -0.3 is 10.1 Å². The maximum Gasteiger partial charge on any atom is 0.416 e. The summed E-state index contributed by atoms with van der Waals surface area (Å²) in [5.41, 5.74) is -4.17. The third kappa shape index (κ3) is 5.29. The van der Waals surface area contributed by atoms with Crippen LogP contribution in [0.3, 0.4) is 0 Å². The molecule has 0 saturated carbocycles. The highest BCUT2D eigenvalue weighted by Gasteiger charge is 2.37. The Hall–Kier alpha value is -4.04. The van der Waals surface area contributed by atoms with Crippen LogP contribution in [0.1, 0.15) is 50.9 Å². The zero-order valence-corrected chi connectivity index (χ0v) is 17.3. The van der Waals surface area contributed by atoms with Crippen molar-refractivity contribution in [3.63, 3.8) is 0 Å². The number of nitrogens with zero attached hydrogens (tertiary/aromatic N) is 5. The minimum atomic E-state index is -5.12. The summed E-state index contributed by atoms with van der Waals surface area (Å²) in [5.74, 6) is -2.85. The average molecular weight is 488 g/mol. The van der Waals surface area contributed by atoms with Gasteiger partial charge >= 0.3 is 18.3 Å². The molecule has 1 atom stereocenters. The van der Waals surface area contributed by atoms with Gasteiger partial charge in [0.2, 0.25) is 0 Å². The first-order valence-electron chi connectivity index (χ1n) is 9.24. The van der Waals surface area contributed by atoms with Crippen molar-refractivity contribution in [2.75, 3.05) is 7.11 Å². The van der Waals surface area contributed by atoms with Crippen LogP contribution in [0.2, 0.25) is 0 Å². The molecule has 3 aromatic rings. The Bertz CT molecular complexity index is 1180. The van der Waals surface area contributed by atoms with Crippen molar-refractivity contribution in [3.05, 3.63) is 65.0 Å². The van der Waals surface area contributed by atoms with Gasteiger partial charge in [0, 0.05) is 18.0 Å². The van der Waals surface area contributed by atoms with E-state index in [1.807, 2.05) is 0 Å². The molecule has 1 unspecified atom stereocenters. The summed E-state index contributed by atoms with van der Waals surface area (Å²) in [6.45, 7) is 1.32. The van der Waals surface area contributed by atoms with Gasteiger partial charge in [-0.3, -0.25) is 4.79 Å². The number of rotatable bonds is 5. The highest BCUT2D eigenvalue weighted by molar-refractivity contribution is 5.95. The molecule has 0 aliphatic carbocycles. The van der Waals surface area contributed by atoms with Crippen molar-refractivity contribution < 1.29 is 40.7 Å². The molecule has 1 aromatic carbocycles. The van der Waals surface area contributed by atoms with Gasteiger partial charge in [0.15, 0.2) is 5.82 Å². The molecule has 0 aliphatic rings. The van der Waals surface area contributed by atoms with Gasteiger partial charge in [-0.2, -0.15) is 31.0 Å². The van der Waals surface area contributed by atoms with Crippen molar-refractivity contribution in [2.24, 2.45) is 0 Å². The van der Waals surface area contributed by atoms with Gasteiger partial charge in [-0.1, -0.05) is 0 Å². The van der Waals surface area contributed by atoms with Crippen LogP contribution in [-0.2, 0) is 17.1 Å². The molecule has 1 N–H and O–H groups in total. The number of methoxy groups -OCH3 is 1. The van der Waals surface area contributed by atoms with Crippen LogP contribution in [0.15, 0.2) is 36.7 Å². The minimum Gasteiger partial charge on any atom is -0.463 e. The lowest BCUT2D eigenvalue weighted by atomic mass is 10.0. The number of hydrogen-bond donors (Lipinski definition) is 1. The summed E-state index contributed by atoms with van der Waals surface area (Å²) < 4.78 is 84.1. The fourth-order valence-electron chi connectivity index (χ4n) is 2.76. The lowest BCUT2D eigenvalue weighted by molar-refractivity contribution is -0.143. The zero-order valence-electron chi connectivity index (χ0n) is 17.3. The van der Waals surface area contributed by atoms with Gasteiger partial charge in [-0.15, -0.1) is 5.10 Å². The van der Waals surface area contributed by atoms with E-state index in [0.717, 1.165) is 11.8 Å². The molecule has 0 saturated heterocycles. The van der Waals surface area contributed by atoms with Crippen molar-refractivity contribution in [1.29, 1.82) is 0 Å². The maximum atomic E-state index is 13.1. The van der Waals surface area contributed by atoms with E-state index >= 15 is 0 Å². The summed E-state index contributed by atoms with van der Waals surface area (Å²) in [5, 5.41) is 6.15. The van der Waals surface area contributed by atoms with Crippen LogP contribution in [-0.4, -0.2) is 43.7 Å². The number of amides is 1. The molecular formula is C19H14F6N6O3. The van der Waals surface area contributed by atoms with E-state index in [2.05, 4.69) is 30.1 Å². The van der Waals surface area contributed by atoms with Crippen molar-refractivity contribution in [3.8, 4) is 5.95 Å². The summed E-state index contributed by atoms with van der Waals surface area (Å²) in [4.78, 5) is 36.3. The van der Waals surface area contributed by atoms with Crippen LogP contribution in [0.25, 0.3) is 5.95 Å². The summed E-state index contributed by atoms with van der Waals surface area (Å²) in [6, 6.07) is 0.820. The predicted octanol–water partition coefficient (Wildman–Crippen LogP) is 3.37. The van der Waals surface area contributed by atoms with E-state index in [0.29, 0.717) is 12.1 Å². The van der Waals surface area contributed by atoms with E-state index in [9.17, 15) is 35.9 Å². The Kier molecular flexibility index (Phi) is 6.56. The Morgan fingerprint density at radius 1 is 1.00 bits per heavy atom. The Morgan fingerprint density at radius 3 is 2.06 bits per heavy atom. The third-order valence-corrected chi connectivity index (χ3v) is 4.33. The van der Waals surface area contributed by atoms with E-state index in [-0.39, 0.29) is 17.8 Å². The second-order valence-corrected chi connectivity index (χ2v) is 6.74. The van der Waals surface area contributed by atoms with Gasteiger partial charge in [0.05, 0.1) is 24.3 Å². The van der Waals surface area contributed by atoms with E-state index in [4.69, 9.17) is 0 Å². The fraction of sp³-hybridized carbons (Fsp3) is 0.263. The normalized spacial score (nSPS) is 12.8. The third-order valence-electron chi connectivity index (χ3n) is 4.33. The average Bonchev–Trinajstić information content (AvgIpc) is 3.23. The highest BCUT2D eigenvalue weighted by Crippen LogP contribution is 2.36. The second kappa shape index (κ2) is 9.07. The van der Waals surface area contributed by atoms with Crippen molar-refractivity contribution in [2.45, 2.75) is 25.3 Å². The number of hydrogen-bond acceptors (Lipinski definition) is 7. The Balaban J connectivity index is 1.99. The van der Waals surface area contributed by atoms with Gasteiger partial charge in [-0.25, -0.2) is 19.7 Å². The molecule has 1 amide bonds. The van der Waals surface area contributed by atoms with E-state index in [1.54, 1.807) is 0 Å². The first-order chi connectivity index (χ1) is 15.8. The molecule has 15 heteroatoms. The number of halogens is 6. The van der Waals surface area contributed by atoms with Crippen LogP contribution < -0.4 is 5.32 Å². The molecule has 0 fully saturated rings. The molecule has 0 spiro atoms. The zero-order chi connectivity index (χ0) is 25.3. The SMILES string of the molecule is COC(=O)c1nc(C(C)NC(=O)c2cc(C(F)(F)F)cc(C(F)(F)F)c2)n(-c2ncccn2)n1. The standard InChI is InChI=1S/C19H14F6N6O3/c1-9(14-29-13(16(33)34-2)30-31(14)17-26-4-3-5-27-17)28-15(32)10-6-11(18(20,21)22)8-12(7-10)19(23,24)25/h3-9H,1-2H3,(H,28,32). The summed E-state index contributed by atoms with van der Waals surface area (Å²) in [7, 11) is 1.07. The van der Waals surface area contributed by atoms with Gasteiger partial charge in [-0.05, 0) is 31.2 Å². The Morgan fingerprint density at radius 2 is 1.56 bits per heavy atom. The largest absolute Gasteiger partial charge is 0.463 e. The summed E-state index contributed by atoms with van der Waals surface area (Å²) >= 11 is 0. The first-order valence-corrected chi connectivity index (χ1v) is 9.24. The number of carbonyl (C=O) groups excluding carboxylic acids is 2. The quantitative estimate of drug-likeness (QED) is 0.433. The highest BCUT2D eigenvalue weighted by atomic mass is 19.4. The predicted molar refractivity (Wildman–Crippen MR) is 101 cm³/mol. The first kappa shape index (κ1) is 24.6. The monoisotopic (exact) mass is 488 g/mol. The second-order valence-electron chi connectivity index (χ2n) is 6.74. The van der Waals surface area contributed by atoms with Crippen molar-refractivity contribution in [1.82, 2.24) is 30.0 Å². The molecule has 0 radical (unpaired) electrons. The van der Waals surface area contributed by atoms with Gasteiger partial charge in [0.1, 0.15) is 0 Å². The van der Waals surface area contributed by atoms with E-state index in [1.165, 1.54) is 25.4 Å². The fourth-order valence-corrected chi connectivity index (χ4v) is 2.76.